The van der Waals surface area contributed by atoms with Crippen molar-refractivity contribution in [2.75, 3.05) is 26.1 Å². The highest BCUT2D eigenvalue weighted by Gasteiger charge is 2.13. The van der Waals surface area contributed by atoms with E-state index >= 15 is 0 Å². The summed E-state index contributed by atoms with van der Waals surface area (Å²) >= 11 is 13.2. The maximum atomic E-state index is 12.1. The highest BCUT2D eigenvalue weighted by atomic mass is 35.5. The number of carbonyl (C=O) groups excluding carboxylic acids is 1. The second-order valence-electron chi connectivity index (χ2n) is 5.11. The minimum Gasteiger partial charge on any atom is -0.493 e. The van der Waals surface area contributed by atoms with Crippen LogP contribution < -0.4 is 19.5 Å². The molecule has 0 atom stereocenters. The zero-order valence-electron chi connectivity index (χ0n) is 13.8. The maximum Gasteiger partial charge on any atom is 0.264 e. The lowest BCUT2D eigenvalue weighted by molar-refractivity contribution is -0.118. The molecule has 0 aliphatic carbocycles. The first-order chi connectivity index (χ1) is 12.5. The summed E-state index contributed by atoms with van der Waals surface area (Å²) in [5, 5.41) is 3.98. The van der Waals surface area contributed by atoms with Crippen molar-refractivity contribution >= 4 is 55.8 Å². The number of fused-ring (bicyclic) bond motifs is 1. The van der Waals surface area contributed by atoms with Gasteiger partial charge >= 0.3 is 0 Å². The second kappa shape index (κ2) is 7.99. The number of ether oxygens (including phenoxy) is 3. The van der Waals surface area contributed by atoms with Crippen molar-refractivity contribution < 1.29 is 19.0 Å². The summed E-state index contributed by atoms with van der Waals surface area (Å²) in [5.41, 5.74) is 0.699. The number of nitrogens with zero attached hydrogens (tertiary/aromatic N) is 1. The molecule has 1 aromatic heterocycles. The van der Waals surface area contributed by atoms with Crippen molar-refractivity contribution in [2.24, 2.45) is 0 Å². The van der Waals surface area contributed by atoms with E-state index < -0.39 is 0 Å². The van der Waals surface area contributed by atoms with Crippen molar-refractivity contribution in [3.8, 4) is 17.2 Å². The molecule has 0 bridgehead atoms. The van der Waals surface area contributed by atoms with E-state index in [4.69, 9.17) is 37.4 Å². The third kappa shape index (κ3) is 4.12. The van der Waals surface area contributed by atoms with E-state index in [0.717, 1.165) is 4.70 Å². The van der Waals surface area contributed by atoms with Gasteiger partial charge in [0, 0.05) is 17.2 Å². The van der Waals surface area contributed by atoms with E-state index in [1.54, 1.807) is 38.5 Å². The number of nitrogens with one attached hydrogen (secondary N) is 1. The average Bonchev–Trinajstić information content (AvgIpc) is 3.00. The minimum atomic E-state index is -0.353. The van der Waals surface area contributed by atoms with Crippen LogP contribution in [-0.4, -0.2) is 31.7 Å². The molecular weight excluding hydrogens is 399 g/mol. The SMILES string of the molecule is COc1cc2nc(NC(=O)COc3ccc(Cl)cc3Cl)sc2cc1OC. The number of carbonyl (C=O) groups is 1. The first-order valence-corrected chi connectivity index (χ1v) is 8.97. The van der Waals surface area contributed by atoms with Crippen molar-refractivity contribution in [1.29, 1.82) is 0 Å². The molecule has 26 heavy (non-hydrogen) atoms. The van der Waals surface area contributed by atoms with Crippen LogP contribution in [0.4, 0.5) is 5.13 Å². The lowest BCUT2D eigenvalue weighted by Crippen LogP contribution is -2.20. The van der Waals surface area contributed by atoms with Gasteiger partial charge < -0.3 is 14.2 Å². The highest BCUT2D eigenvalue weighted by molar-refractivity contribution is 7.22. The first-order valence-electron chi connectivity index (χ1n) is 7.40. The Balaban J connectivity index is 1.69. The van der Waals surface area contributed by atoms with Crippen LogP contribution in [0.5, 0.6) is 17.2 Å². The Hall–Kier alpha value is -2.22. The molecule has 1 heterocycles. The quantitative estimate of drug-likeness (QED) is 0.638. The molecule has 1 N–H and O–H groups in total. The number of benzene rings is 2. The van der Waals surface area contributed by atoms with Gasteiger partial charge in [0.05, 0.1) is 29.5 Å². The van der Waals surface area contributed by atoms with Gasteiger partial charge in [0.1, 0.15) is 5.75 Å². The summed E-state index contributed by atoms with van der Waals surface area (Å²) < 4.78 is 16.8. The van der Waals surface area contributed by atoms with Crippen LogP contribution in [-0.2, 0) is 4.79 Å². The van der Waals surface area contributed by atoms with Crippen LogP contribution in [0.25, 0.3) is 10.2 Å². The number of hydrogen-bond donors (Lipinski definition) is 1. The van der Waals surface area contributed by atoms with Crippen molar-refractivity contribution in [1.82, 2.24) is 4.98 Å². The summed E-state index contributed by atoms with van der Waals surface area (Å²) in [6.07, 6.45) is 0. The number of methoxy groups -OCH3 is 2. The maximum absolute atomic E-state index is 12.1. The van der Waals surface area contributed by atoms with Crippen molar-refractivity contribution in [3.05, 3.63) is 40.4 Å². The van der Waals surface area contributed by atoms with E-state index in [-0.39, 0.29) is 12.5 Å². The van der Waals surface area contributed by atoms with Crippen LogP contribution in [0.1, 0.15) is 0 Å². The number of amides is 1. The van der Waals surface area contributed by atoms with Gasteiger partial charge in [-0.3, -0.25) is 10.1 Å². The van der Waals surface area contributed by atoms with E-state index in [9.17, 15) is 4.79 Å². The van der Waals surface area contributed by atoms with Gasteiger partial charge in [0.15, 0.2) is 23.2 Å². The molecule has 0 spiro atoms. The molecular formula is C17H14Cl2N2O4S. The molecule has 0 saturated heterocycles. The van der Waals surface area contributed by atoms with E-state index in [1.807, 2.05) is 6.07 Å². The molecule has 3 rings (SSSR count). The predicted molar refractivity (Wildman–Crippen MR) is 103 cm³/mol. The largest absolute Gasteiger partial charge is 0.493 e. The van der Waals surface area contributed by atoms with Gasteiger partial charge in [-0.2, -0.15) is 0 Å². The lowest BCUT2D eigenvalue weighted by atomic mass is 10.3. The Morgan fingerprint density at radius 2 is 1.85 bits per heavy atom. The average molecular weight is 413 g/mol. The van der Waals surface area contributed by atoms with Gasteiger partial charge in [-0.05, 0) is 18.2 Å². The number of thiazole rings is 1. The topological polar surface area (TPSA) is 69.7 Å². The zero-order chi connectivity index (χ0) is 18.7. The Kier molecular flexibility index (Phi) is 5.70. The second-order valence-corrected chi connectivity index (χ2v) is 6.98. The fourth-order valence-corrected chi connectivity index (χ4v) is 3.55. The Morgan fingerprint density at radius 3 is 2.54 bits per heavy atom. The summed E-state index contributed by atoms with van der Waals surface area (Å²) in [6.45, 7) is -0.204. The third-order valence-corrected chi connectivity index (χ3v) is 4.86. The molecule has 0 fully saturated rings. The summed E-state index contributed by atoms with van der Waals surface area (Å²) in [7, 11) is 3.12. The van der Waals surface area contributed by atoms with Gasteiger partial charge in [-0.15, -0.1) is 0 Å². The molecule has 9 heteroatoms. The predicted octanol–water partition coefficient (Wildman–Crippen LogP) is 4.64. The van der Waals surface area contributed by atoms with Crippen molar-refractivity contribution in [3.63, 3.8) is 0 Å². The Bertz CT molecular complexity index is 920. The number of hydrogen-bond acceptors (Lipinski definition) is 6. The number of rotatable bonds is 6. The Morgan fingerprint density at radius 1 is 1.12 bits per heavy atom. The summed E-state index contributed by atoms with van der Waals surface area (Å²) in [4.78, 5) is 16.5. The number of anilines is 1. The van der Waals surface area contributed by atoms with Gasteiger partial charge in [0.25, 0.3) is 5.91 Å². The third-order valence-electron chi connectivity index (χ3n) is 3.39. The Labute approximate surface area is 163 Å². The van der Waals surface area contributed by atoms with Crippen LogP contribution >= 0.6 is 34.5 Å². The van der Waals surface area contributed by atoms with Crippen LogP contribution in [0.15, 0.2) is 30.3 Å². The van der Waals surface area contributed by atoms with Crippen LogP contribution in [0, 0.1) is 0 Å². The molecule has 6 nitrogen and oxygen atoms in total. The summed E-state index contributed by atoms with van der Waals surface area (Å²) in [6, 6.07) is 8.35. The van der Waals surface area contributed by atoms with Crippen LogP contribution in [0.2, 0.25) is 10.0 Å². The van der Waals surface area contributed by atoms with E-state index in [1.165, 1.54) is 11.3 Å². The van der Waals surface area contributed by atoms with E-state index in [2.05, 4.69) is 10.3 Å². The molecule has 2 aromatic carbocycles. The zero-order valence-corrected chi connectivity index (χ0v) is 16.2. The fraction of sp³-hybridized carbons (Fsp3) is 0.176. The molecule has 3 aromatic rings. The lowest BCUT2D eigenvalue weighted by Gasteiger charge is -2.07. The van der Waals surface area contributed by atoms with E-state index in [0.29, 0.717) is 37.9 Å². The van der Waals surface area contributed by atoms with Gasteiger partial charge in [-0.1, -0.05) is 34.5 Å². The van der Waals surface area contributed by atoms with Crippen molar-refractivity contribution in [2.45, 2.75) is 0 Å². The minimum absolute atomic E-state index is 0.204. The normalized spacial score (nSPS) is 10.6. The molecule has 0 saturated carbocycles. The fourth-order valence-electron chi connectivity index (χ4n) is 2.20. The smallest absolute Gasteiger partial charge is 0.264 e. The van der Waals surface area contributed by atoms with Gasteiger partial charge in [-0.25, -0.2) is 4.98 Å². The molecule has 136 valence electrons. The molecule has 1 amide bonds. The molecule has 0 aliphatic heterocycles. The monoisotopic (exact) mass is 412 g/mol. The standard InChI is InChI=1S/C17H14Cl2N2O4S/c1-23-13-6-11-15(7-14(13)24-2)26-17(20-11)21-16(22)8-25-12-4-3-9(18)5-10(12)19/h3-7H,8H2,1-2H3,(H,20,21,22). The summed E-state index contributed by atoms with van der Waals surface area (Å²) in [5.74, 6) is 1.20. The van der Waals surface area contributed by atoms with Crippen LogP contribution in [0.3, 0.4) is 0 Å². The number of halogens is 2. The van der Waals surface area contributed by atoms with Gasteiger partial charge in [0.2, 0.25) is 0 Å². The highest BCUT2D eigenvalue weighted by Crippen LogP contribution is 2.36. The molecule has 0 aliphatic rings. The first kappa shape index (κ1) is 18.6. The molecule has 0 unspecified atom stereocenters. The number of aromatic nitrogens is 1. The molecule has 0 radical (unpaired) electrons.